The van der Waals surface area contributed by atoms with Gasteiger partial charge in [-0.2, -0.15) is 13.1 Å². The highest BCUT2D eigenvalue weighted by molar-refractivity contribution is 7.89. The Bertz CT molecular complexity index is 671. The Morgan fingerprint density at radius 1 is 1.30 bits per heavy atom. The van der Waals surface area contributed by atoms with Crippen LogP contribution in [0.15, 0.2) is 47.6 Å². The molecule has 1 aromatic heterocycles. The van der Waals surface area contributed by atoms with Gasteiger partial charge in [0.15, 0.2) is 0 Å². The minimum absolute atomic E-state index is 0.0120. The Morgan fingerprint density at radius 2 is 1.95 bits per heavy atom. The molecule has 2 rings (SSSR count). The lowest BCUT2D eigenvalue weighted by atomic mass is 10.4. The van der Waals surface area contributed by atoms with Gasteiger partial charge < -0.3 is 0 Å². The number of alkyl halides is 2. The molecule has 0 bridgehead atoms. The fraction of sp³-hybridized carbons (Fsp3) is 0.250. The monoisotopic (exact) mass is 301 g/mol. The third-order valence-electron chi connectivity index (χ3n) is 2.77. The van der Waals surface area contributed by atoms with Crippen molar-refractivity contribution in [2.75, 3.05) is 7.05 Å². The number of rotatable bonds is 5. The molecule has 0 atom stereocenters. The third kappa shape index (κ3) is 2.86. The first-order valence-electron chi connectivity index (χ1n) is 5.74. The molecular weight excluding hydrogens is 288 g/mol. The van der Waals surface area contributed by atoms with E-state index in [-0.39, 0.29) is 17.3 Å². The molecular formula is C12H13F2N3O2S. The summed E-state index contributed by atoms with van der Waals surface area (Å²) in [7, 11) is -2.40. The van der Waals surface area contributed by atoms with Crippen molar-refractivity contribution in [3.63, 3.8) is 0 Å². The van der Waals surface area contributed by atoms with E-state index in [1.807, 2.05) is 0 Å². The van der Waals surface area contributed by atoms with Crippen LogP contribution in [-0.4, -0.2) is 29.3 Å². The second-order valence-electron chi connectivity index (χ2n) is 4.10. The summed E-state index contributed by atoms with van der Waals surface area (Å²) in [5, 5.41) is 0. The molecule has 0 aliphatic carbocycles. The molecule has 2 aromatic rings. The largest absolute Gasteiger partial charge is 0.319 e. The first-order chi connectivity index (χ1) is 9.43. The number of nitrogens with zero attached hydrogens (tertiary/aromatic N) is 3. The predicted molar refractivity (Wildman–Crippen MR) is 68.6 cm³/mol. The summed E-state index contributed by atoms with van der Waals surface area (Å²) in [6.45, 7) is -2.98. The first-order valence-corrected chi connectivity index (χ1v) is 7.18. The van der Waals surface area contributed by atoms with Gasteiger partial charge in [0.05, 0.1) is 11.4 Å². The van der Waals surface area contributed by atoms with Crippen LogP contribution < -0.4 is 0 Å². The highest BCUT2D eigenvalue weighted by atomic mass is 32.2. The van der Waals surface area contributed by atoms with Crippen molar-refractivity contribution in [1.29, 1.82) is 0 Å². The van der Waals surface area contributed by atoms with Crippen molar-refractivity contribution in [1.82, 2.24) is 13.9 Å². The van der Waals surface area contributed by atoms with Gasteiger partial charge in [-0.05, 0) is 12.1 Å². The number of hydrogen-bond donors (Lipinski definition) is 0. The fourth-order valence-electron chi connectivity index (χ4n) is 1.70. The van der Waals surface area contributed by atoms with E-state index in [1.165, 1.54) is 25.4 Å². The van der Waals surface area contributed by atoms with Crippen LogP contribution in [0.5, 0.6) is 0 Å². The molecule has 1 aromatic carbocycles. The normalized spacial score (nSPS) is 12.2. The second kappa shape index (κ2) is 5.68. The molecule has 20 heavy (non-hydrogen) atoms. The topological polar surface area (TPSA) is 55.2 Å². The molecule has 0 amide bonds. The quantitative estimate of drug-likeness (QED) is 0.850. The number of imidazole rings is 1. The molecule has 0 radical (unpaired) electrons. The van der Waals surface area contributed by atoms with Gasteiger partial charge in [-0.3, -0.25) is 4.57 Å². The van der Waals surface area contributed by atoms with Crippen molar-refractivity contribution < 1.29 is 17.2 Å². The van der Waals surface area contributed by atoms with Crippen LogP contribution >= 0.6 is 0 Å². The summed E-state index contributed by atoms with van der Waals surface area (Å²) in [5.74, 6) is -0.0120. The average Bonchev–Trinajstić information content (AvgIpc) is 2.88. The Morgan fingerprint density at radius 3 is 2.55 bits per heavy atom. The van der Waals surface area contributed by atoms with E-state index in [0.29, 0.717) is 4.57 Å². The van der Waals surface area contributed by atoms with Gasteiger partial charge in [0.1, 0.15) is 5.82 Å². The number of benzene rings is 1. The zero-order chi connectivity index (χ0) is 14.8. The Balaban J connectivity index is 2.24. The van der Waals surface area contributed by atoms with Crippen LogP contribution in [0.4, 0.5) is 8.78 Å². The summed E-state index contributed by atoms with van der Waals surface area (Å²) in [6.07, 6.45) is 2.33. The van der Waals surface area contributed by atoms with Crippen LogP contribution in [0.25, 0.3) is 0 Å². The van der Waals surface area contributed by atoms with Crippen molar-refractivity contribution in [2.45, 2.75) is 18.0 Å². The van der Waals surface area contributed by atoms with Crippen LogP contribution in [0.3, 0.4) is 0 Å². The average molecular weight is 301 g/mol. The van der Waals surface area contributed by atoms with Crippen molar-refractivity contribution in [2.24, 2.45) is 0 Å². The molecule has 5 nitrogen and oxygen atoms in total. The van der Waals surface area contributed by atoms with Crippen molar-refractivity contribution in [3.05, 3.63) is 48.5 Å². The lowest BCUT2D eigenvalue weighted by Gasteiger charge is -2.17. The van der Waals surface area contributed by atoms with Gasteiger partial charge in [-0.25, -0.2) is 13.4 Å². The number of sulfonamides is 1. The van der Waals surface area contributed by atoms with Gasteiger partial charge in [0, 0.05) is 19.4 Å². The minimum atomic E-state index is -3.72. The summed E-state index contributed by atoms with van der Waals surface area (Å²) < 4.78 is 51.5. The Hall–Kier alpha value is -1.80. The first kappa shape index (κ1) is 14.6. The van der Waals surface area contributed by atoms with Crippen LogP contribution in [0.2, 0.25) is 0 Å². The molecule has 8 heteroatoms. The zero-order valence-electron chi connectivity index (χ0n) is 10.6. The van der Waals surface area contributed by atoms with Crippen molar-refractivity contribution in [3.8, 4) is 0 Å². The number of halogens is 2. The van der Waals surface area contributed by atoms with E-state index in [2.05, 4.69) is 4.98 Å². The lowest BCUT2D eigenvalue weighted by molar-refractivity contribution is 0.0658. The Kier molecular flexibility index (Phi) is 4.15. The Labute approximate surface area is 115 Å². The van der Waals surface area contributed by atoms with Crippen molar-refractivity contribution >= 4 is 10.0 Å². The van der Waals surface area contributed by atoms with E-state index in [0.717, 1.165) is 10.5 Å². The van der Waals surface area contributed by atoms with Crippen LogP contribution in [0.1, 0.15) is 12.4 Å². The fourth-order valence-corrected chi connectivity index (χ4v) is 2.85. The predicted octanol–water partition coefficient (Wildman–Crippen LogP) is 2.10. The van der Waals surface area contributed by atoms with Gasteiger partial charge in [-0.15, -0.1) is 0 Å². The van der Waals surface area contributed by atoms with Crippen LogP contribution in [-0.2, 0) is 16.6 Å². The molecule has 1 heterocycles. The molecule has 0 saturated carbocycles. The van der Waals surface area contributed by atoms with E-state index in [1.54, 1.807) is 18.2 Å². The van der Waals surface area contributed by atoms with E-state index in [4.69, 9.17) is 0 Å². The highest BCUT2D eigenvalue weighted by Crippen LogP contribution is 2.18. The molecule has 0 spiro atoms. The molecule has 0 saturated heterocycles. The van der Waals surface area contributed by atoms with Gasteiger partial charge in [0.2, 0.25) is 10.0 Å². The van der Waals surface area contributed by atoms with E-state index >= 15 is 0 Å². The number of aromatic nitrogens is 2. The molecule has 0 aliphatic heterocycles. The highest BCUT2D eigenvalue weighted by Gasteiger charge is 2.23. The summed E-state index contributed by atoms with van der Waals surface area (Å²) >= 11 is 0. The maximum absolute atomic E-state index is 12.7. The van der Waals surface area contributed by atoms with Crippen LogP contribution in [0, 0.1) is 0 Å². The zero-order valence-corrected chi connectivity index (χ0v) is 11.5. The summed E-state index contributed by atoms with van der Waals surface area (Å²) in [4.78, 5) is 3.87. The minimum Gasteiger partial charge on any atom is -0.277 e. The lowest BCUT2D eigenvalue weighted by Crippen LogP contribution is -2.28. The van der Waals surface area contributed by atoms with Gasteiger partial charge in [-0.1, -0.05) is 18.2 Å². The summed E-state index contributed by atoms with van der Waals surface area (Å²) in [6, 6.07) is 7.79. The van der Waals surface area contributed by atoms with E-state index in [9.17, 15) is 17.2 Å². The second-order valence-corrected chi connectivity index (χ2v) is 6.15. The molecule has 0 fully saturated rings. The number of hydrogen-bond acceptors (Lipinski definition) is 3. The molecule has 0 unspecified atom stereocenters. The smallest absolute Gasteiger partial charge is 0.277 e. The molecule has 108 valence electrons. The maximum atomic E-state index is 12.7. The SMILES string of the molecule is CN(Cc1nccn1C(F)F)S(=O)(=O)c1ccccc1. The maximum Gasteiger partial charge on any atom is 0.319 e. The summed E-state index contributed by atoms with van der Waals surface area (Å²) in [5.41, 5.74) is 0. The van der Waals surface area contributed by atoms with Gasteiger partial charge in [0.25, 0.3) is 0 Å². The molecule has 0 aliphatic rings. The van der Waals surface area contributed by atoms with Gasteiger partial charge >= 0.3 is 6.55 Å². The standard InChI is InChI=1S/C12H13F2N3O2S/c1-16(9-11-15-7-8-17(11)12(13)14)20(18,19)10-5-3-2-4-6-10/h2-8,12H,9H2,1H3. The third-order valence-corrected chi connectivity index (χ3v) is 4.59. The van der Waals surface area contributed by atoms with E-state index < -0.39 is 16.6 Å². The molecule has 0 N–H and O–H groups in total.